The summed E-state index contributed by atoms with van der Waals surface area (Å²) in [7, 11) is 0. The van der Waals surface area contributed by atoms with Gasteiger partial charge >= 0.3 is 6.09 Å². The van der Waals surface area contributed by atoms with Gasteiger partial charge in [-0.2, -0.15) is 0 Å². The van der Waals surface area contributed by atoms with Crippen molar-refractivity contribution in [2.45, 2.75) is 32.7 Å². The molecule has 2 saturated heterocycles. The summed E-state index contributed by atoms with van der Waals surface area (Å²) >= 11 is 0. The molecule has 8 heteroatoms. The van der Waals surface area contributed by atoms with Gasteiger partial charge in [-0.1, -0.05) is 112 Å². The number of benzene rings is 3. The number of ketones is 2. The minimum absolute atomic E-state index is 0.0442. The van der Waals surface area contributed by atoms with E-state index in [0.29, 0.717) is 37.3 Å². The van der Waals surface area contributed by atoms with E-state index in [1.54, 1.807) is 29.2 Å². The van der Waals surface area contributed by atoms with Gasteiger partial charge in [-0.15, -0.1) is 0 Å². The molecule has 2 heterocycles. The zero-order chi connectivity index (χ0) is 31.4. The average Bonchev–Trinajstić information content (AvgIpc) is 3.04. The summed E-state index contributed by atoms with van der Waals surface area (Å²) < 4.78 is 0. The van der Waals surface area contributed by atoms with Crippen LogP contribution in [0.15, 0.2) is 91.0 Å². The average molecular weight is 596 g/mol. The van der Waals surface area contributed by atoms with Gasteiger partial charge in [-0.25, -0.2) is 4.79 Å². The molecule has 2 aliphatic heterocycles. The highest BCUT2D eigenvalue weighted by molar-refractivity contribution is 6.02. The van der Waals surface area contributed by atoms with Crippen molar-refractivity contribution in [1.82, 2.24) is 14.7 Å². The minimum atomic E-state index is -0.982. The van der Waals surface area contributed by atoms with Crippen LogP contribution in [0.2, 0.25) is 0 Å². The van der Waals surface area contributed by atoms with E-state index in [1.165, 1.54) is 4.90 Å². The van der Waals surface area contributed by atoms with Crippen molar-refractivity contribution in [3.8, 4) is 0 Å². The fraction of sp³-hybridized carbons (Fsp3) is 0.389. The van der Waals surface area contributed by atoms with E-state index >= 15 is 0 Å². The van der Waals surface area contributed by atoms with E-state index < -0.39 is 17.9 Å². The molecular weight excluding hydrogens is 554 g/mol. The number of carboxylic acid groups (broad SMARTS) is 1. The van der Waals surface area contributed by atoms with Crippen molar-refractivity contribution in [2.75, 3.05) is 39.3 Å². The molecule has 8 nitrogen and oxygen atoms in total. The third-order valence-electron chi connectivity index (χ3n) is 9.09. The first-order valence-corrected chi connectivity index (χ1v) is 15.3. The monoisotopic (exact) mass is 595 g/mol. The summed E-state index contributed by atoms with van der Waals surface area (Å²) in [6.07, 6.45) is -0.982. The number of carbonyl (C=O) groups is 4. The van der Waals surface area contributed by atoms with Crippen LogP contribution in [0.5, 0.6) is 0 Å². The lowest BCUT2D eigenvalue weighted by Gasteiger charge is -2.47. The maximum absolute atomic E-state index is 14.2. The first-order chi connectivity index (χ1) is 21.0. The van der Waals surface area contributed by atoms with Crippen LogP contribution in [0.1, 0.15) is 53.0 Å². The fourth-order valence-electron chi connectivity index (χ4n) is 6.80. The molecule has 44 heavy (non-hydrogen) atoms. The Morgan fingerprint density at radius 2 is 1.18 bits per heavy atom. The quantitative estimate of drug-likeness (QED) is 0.372. The van der Waals surface area contributed by atoms with Crippen molar-refractivity contribution in [3.05, 3.63) is 108 Å². The lowest BCUT2D eigenvalue weighted by Crippen LogP contribution is -2.61. The normalized spacial score (nSPS) is 21.6. The molecule has 2 fully saturated rings. The van der Waals surface area contributed by atoms with Crippen LogP contribution in [0.25, 0.3) is 0 Å². The molecule has 1 unspecified atom stereocenters. The Labute approximate surface area is 259 Å². The first kappa shape index (κ1) is 31.1. The second-order valence-corrected chi connectivity index (χ2v) is 13.0. The maximum Gasteiger partial charge on any atom is 0.407 e. The van der Waals surface area contributed by atoms with Crippen LogP contribution in [-0.4, -0.2) is 88.7 Å². The number of nitrogens with zero attached hydrogens (tertiary/aromatic N) is 3. The van der Waals surface area contributed by atoms with Crippen LogP contribution in [0, 0.1) is 17.3 Å². The second kappa shape index (κ2) is 13.1. The highest BCUT2D eigenvalue weighted by Gasteiger charge is 2.46. The number of piperazine rings is 1. The van der Waals surface area contributed by atoms with Gasteiger partial charge in [0.15, 0.2) is 11.6 Å². The number of hydrogen-bond acceptors (Lipinski definition) is 5. The Morgan fingerprint density at radius 1 is 0.705 bits per heavy atom. The summed E-state index contributed by atoms with van der Waals surface area (Å²) in [6, 6.07) is 27.7. The molecular formula is C36H41N3O5. The Morgan fingerprint density at radius 3 is 1.64 bits per heavy atom. The van der Waals surface area contributed by atoms with Gasteiger partial charge in [0.25, 0.3) is 0 Å². The topological polar surface area (TPSA) is 98.2 Å². The molecule has 3 aromatic carbocycles. The van der Waals surface area contributed by atoms with Gasteiger partial charge in [0.05, 0.1) is 12.6 Å². The highest BCUT2D eigenvalue weighted by Crippen LogP contribution is 2.41. The highest BCUT2D eigenvalue weighted by atomic mass is 16.4. The van der Waals surface area contributed by atoms with Crippen LogP contribution in [0.3, 0.4) is 0 Å². The summed E-state index contributed by atoms with van der Waals surface area (Å²) in [4.78, 5) is 59.2. The van der Waals surface area contributed by atoms with E-state index in [9.17, 15) is 24.3 Å². The predicted octanol–water partition coefficient (Wildman–Crippen LogP) is 5.32. The van der Waals surface area contributed by atoms with Crippen LogP contribution < -0.4 is 0 Å². The number of piperidine rings is 1. The lowest BCUT2D eigenvalue weighted by molar-refractivity contribution is -0.137. The zero-order valence-corrected chi connectivity index (χ0v) is 25.6. The molecule has 0 aromatic heterocycles. The van der Waals surface area contributed by atoms with Gasteiger partial charge in [0.1, 0.15) is 0 Å². The molecule has 1 N–H and O–H groups in total. The van der Waals surface area contributed by atoms with Crippen molar-refractivity contribution in [2.24, 2.45) is 17.3 Å². The SMILES string of the molecule is CC(C)(C)C1CN(C(=O)CN2C[C@H](C(=O)c3ccccc3)C(c3ccccc3)[C@@H](C(=O)c3ccccc3)C2)CCN1C(=O)O. The molecule has 3 aromatic rings. The standard InChI is InChI=1S/C36H41N3O5/c1-36(2,3)30-23-38(19-20-39(30)35(43)44)31(40)24-37-21-28(33(41)26-15-9-5-10-16-26)32(25-13-7-4-8-14-25)29(22-37)34(42)27-17-11-6-12-18-27/h4-18,28-30,32H,19-24H2,1-3H3,(H,43,44)/t28-,29-,30?/m0/s1. The van der Waals surface area contributed by atoms with Crippen LogP contribution in [-0.2, 0) is 4.79 Å². The van der Waals surface area contributed by atoms with Gasteiger partial charge in [0.2, 0.25) is 5.91 Å². The second-order valence-electron chi connectivity index (χ2n) is 13.0. The molecule has 0 saturated carbocycles. The molecule has 0 bridgehead atoms. The maximum atomic E-state index is 14.2. The third kappa shape index (κ3) is 6.76. The Balaban J connectivity index is 1.47. The van der Waals surface area contributed by atoms with E-state index in [-0.39, 0.29) is 47.9 Å². The minimum Gasteiger partial charge on any atom is -0.465 e. The molecule has 2 amide bonds. The molecule has 5 rings (SSSR count). The van der Waals surface area contributed by atoms with E-state index in [2.05, 4.69) is 0 Å². The summed E-state index contributed by atoms with van der Waals surface area (Å²) in [6.45, 7) is 7.49. The van der Waals surface area contributed by atoms with Crippen molar-refractivity contribution < 1.29 is 24.3 Å². The first-order valence-electron chi connectivity index (χ1n) is 15.3. The molecule has 2 aliphatic rings. The van der Waals surface area contributed by atoms with Gasteiger partial charge in [0, 0.05) is 61.6 Å². The van der Waals surface area contributed by atoms with Crippen molar-refractivity contribution in [3.63, 3.8) is 0 Å². The Kier molecular flexibility index (Phi) is 9.30. The smallest absolute Gasteiger partial charge is 0.407 e. The Bertz CT molecular complexity index is 1410. The number of amides is 2. The fourth-order valence-corrected chi connectivity index (χ4v) is 6.80. The molecule has 0 aliphatic carbocycles. The van der Waals surface area contributed by atoms with Crippen molar-refractivity contribution in [1.29, 1.82) is 0 Å². The predicted molar refractivity (Wildman–Crippen MR) is 169 cm³/mol. The lowest BCUT2D eigenvalue weighted by atomic mass is 9.68. The molecule has 0 spiro atoms. The number of rotatable bonds is 7. The largest absolute Gasteiger partial charge is 0.465 e. The number of likely N-dealkylation sites (tertiary alicyclic amines) is 1. The van der Waals surface area contributed by atoms with Crippen LogP contribution in [0.4, 0.5) is 4.79 Å². The van der Waals surface area contributed by atoms with E-state index in [4.69, 9.17) is 0 Å². The zero-order valence-electron chi connectivity index (χ0n) is 25.6. The van der Waals surface area contributed by atoms with E-state index in [0.717, 1.165) is 5.56 Å². The molecule has 3 atom stereocenters. The van der Waals surface area contributed by atoms with Crippen molar-refractivity contribution >= 4 is 23.6 Å². The van der Waals surface area contributed by atoms with Gasteiger partial charge < -0.3 is 14.9 Å². The summed E-state index contributed by atoms with van der Waals surface area (Å²) in [5, 5.41) is 9.78. The molecule has 0 radical (unpaired) electrons. The number of hydrogen-bond donors (Lipinski definition) is 1. The van der Waals surface area contributed by atoms with E-state index in [1.807, 2.05) is 92.4 Å². The number of Topliss-reactive ketones (excluding diaryl/α,β-unsaturated/α-hetero) is 2. The summed E-state index contributed by atoms with van der Waals surface area (Å²) in [5.74, 6) is -1.70. The van der Waals surface area contributed by atoms with Gasteiger partial charge in [-0.05, 0) is 11.0 Å². The third-order valence-corrected chi connectivity index (χ3v) is 9.09. The van der Waals surface area contributed by atoms with Gasteiger partial charge in [-0.3, -0.25) is 19.3 Å². The van der Waals surface area contributed by atoms with Crippen LogP contribution >= 0.6 is 0 Å². The summed E-state index contributed by atoms with van der Waals surface area (Å²) in [5.41, 5.74) is 1.73. The molecule has 230 valence electrons. The Hall–Kier alpha value is -4.30. The number of carbonyl (C=O) groups excluding carboxylic acids is 3.